The quantitative estimate of drug-likeness (QED) is 0.357. The minimum Gasteiger partial charge on any atom is -0.377 e. The number of carbonyl (C=O) groups is 1. The van der Waals surface area contributed by atoms with Gasteiger partial charge in [0, 0.05) is 23.8 Å². The van der Waals surface area contributed by atoms with E-state index in [4.69, 9.17) is 0 Å². The zero-order valence-electron chi connectivity index (χ0n) is 22.8. The molecule has 7 nitrogen and oxygen atoms in total. The van der Waals surface area contributed by atoms with E-state index in [9.17, 15) is 57.7 Å². The Morgan fingerprint density at radius 1 is 1.00 bits per heavy atom. The Bertz CT molecular complexity index is 1590. The average Bonchev–Trinajstić information content (AvgIpc) is 3.29. The van der Waals surface area contributed by atoms with E-state index in [1.165, 1.54) is 10.6 Å². The Morgan fingerprint density at radius 3 is 2.14 bits per heavy atom. The number of alkyl halides is 7. The number of hydrogen-bond acceptors (Lipinski definition) is 5. The van der Waals surface area contributed by atoms with Crippen molar-refractivity contribution in [1.29, 1.82) is 0 Å². The highest BCUT2D eigenvalue weighted by Gasteiger charge is 2.74. The number of rotatable bonds is 6. The van der Waals surface area contributed by atoms with E-state index in [0.29, 0.717) is 6.07 Å². The van der Waals surface area contributed by atoms with Crippen LogP contribution < -0.4 is 5.32 Å². The first kappa shape index (κ1) is 32.8. The monoisotopic (exact) mass is 674 g/mol. The summed E-state index contributed by atoms with van der Waals surface area (Å²) in [4.78, 5) is 12.7. The van der Waals surface area contributed by atoms with Gasteiger partial charge in [0.25, 0.3) is 5.91 Å². The number of halogens is 8. The molecule has 17 heteroatoms. The van der Waals surface area contributed by atoms with E-state index in [1.54, 1.807) is 0 Å². The van der Waals surface area contributed by atoms with Gasteiger partial charge in [-0.3, -0.25) is 4.79 Å². The van der Waals surface area contributed by atoms with Crippen LogP contribution in [0.2, 0.25) is 0 Å². The maximum absolute atomic E-state index is 14.9. The molecule has 2 aromatic carbocycles. The third-order valence-electron chi connectivity index (χ3n) is 8.96. The number of amides is 1. The van der Waals surface area contributed by atoms with Crippen LogP contribution in [0.3, 0.4) is 0 Å². The van der Waals surface area contributed by atoms with Gasteiger partial charge < -0.3 is 10.4 Å². The largest absolute Gasteiger partial charge is 0.435 e. The second kappa shape index (κ2) is 10.5. The molecule has 1 aliphatic heterocycles. The Morgan fingerprint density at radius 2 is 1.59 bits per heavy atom. The number of aryl methyl sites for hydroxylation is 1. The maximum Gasteiger partial charge on any atom is 0.435 e. The van der Waals surface area contributed by atoms with Crippen molar-refractivity contribution in [1.82, 2.24) is 9.62 Å². The van der Waals surface area contributed by atoms with Crippen molar-refractivity contribution in [2.75, 3.05) is 19.3 Å². The topological polar surface area (TPSA) is 104 Å². The summed E-state index contributed by atoms with van der Waals surface area (Å²) in [7, 11) is -6.04. The summed E-state index contributed by atoms with van der Waals surface area (Å²) >= 11 is 0. The lowest BCUT2D eigenvalue weighted by atomic mass is 9.73. The summed E-state index contributed by atoms with van der Waals surface area (Å²) in [5.74, 6) is -2.61. The fourth-order valence-corrected chi connectivity index (χ4v) is 9.98. The van der Waals surface area contributed by atoms with E-state index >= 15 is 0 Å². The van der Waals surface area contributed by atoms with Gasteiger partial charge >= 0.3 is 18.0 Å². The molecule has 3 aliphatic rings. The minimum absolute atomic E-state index is 0.0182. The zero-order chi connectivity index (χ0) is 32.7. The first-order valence-corrected chi connectivity index (χ1v) is 16.3. The standard InChI is InChI=1S/C27H26F8N2O5S2/c1-43(40)37-13-23(39,14-37)22(38)36-21-10-11-24(44(41,42)18-6-4-17(28)5-7-18)19-9-3-16(12-15(19)2-8-20(21)24)25(29,26(30,31)32)27(33,34)35/h3-7,9,12,20-21,39H,2,8,10-11,13-14H2,1H3,(H,36,38)/t20-,21+,24+,43?/m0/s1. The number of aliphatic hydroxyl groups is 1. The molecule has 1 saturated carbocycles. The number of benzene rings is 2. The van der Waals surface area contributed by atoms with Crippen molar-refractivity contribution in [3.8, 4) is 0 Å². The SMILES string of the molecule is CS(=O)N1CC(O)(C(=O)N[C@@H]2CC[C@@]3(S(=O)(=O)c4ccc(F)cc4)c4ccc(C(F)(C(F)(F)F)C(F)(F)F)cc4CC[C@@H]23)C1. The fourth-order valence-electron chi connectivity index (χ4n) is 6.72. The van der Waals surface area contributed by atoms with Gasteiger partial charge in [-0.2, -0.15) is 26.3 Å². The van der Waals surface area contributed by atoms with Crippen molar-refractivity contribution < 1.29 is 57.7 Å². The van der Waals surface area contributed by atoms with Crippen LogP contribution in [0.25, 0.3) is 0 Å². The predicted octanol–water partition coefficient (Wildman–Crippen LogP) is 3.97. The fraction of sp³-hybridized carbons (Fsp3) is 0.519. The zero-order valence-corrected chi connectivity index (χ0v) is 24.4. The van der Waals surface area contributed by atoms with E-state index in [0.717, 1.165) is 30.3 Å². The maximum atomic E-state index is 14.9. The first-order chi connectivity index (χ1) is 20.2. The lowest BCUT2D eigenvalue weighted by Crippen LogP contribution is -2.69. The Kier molecular flexibility index (Phi) is 7.78. The van der Waals surface area contributed by atoms with Gasteiger partial charge in [-0.05, 0) is 61.1 Å². The van der Waals surface area contributed by atoms with Gasteiger partial charge in [0.15, 0.2) is 15.4 Å². The van der Waals surface area contributed by atoms with E-state index in [-0.39, 0.29) is 60.9 Å². The summed E-state index contributed by atoms with van der Waals surface area (Å²) in [6.45, 7) is -0.513. The second-order valence-corrected chi connectivity index (χ2v) is 15.0. The summed E-state index contributed by atoms with van der Waals surface area (Å²) in [5, 5.41) is 13.4. The van der Waals surface area contributed by atoms with Crippen LogP contribution in [0, 0.1) is 11.7 Å². The highest BCUT2D eigenvalue weighted by molar-refractivity contribution is 7.92. The molecule has 1 saturated heterocycles. The van der Waals surface area contributed by atoms with Crippen LogP contribution in [0.5, 0.6) is 0 Å². The van der Waals surface area contributed by atoms with Gasteiger partial charge in [0.2, 0.25) is 0 Å². The molecule has 1 unspecified atom stereocenters. The second-order valence-electron chi connectivity index (χ2n) is 11.4. The number of fused-ring (bicyclic) bond motifs is 3. The summed E-state index contributed by atoms with van der Waals surface area (Å²) in [6, 6.07) is 4.19. The van der Waals surface area contributed by atoms with Gasteiger partial charge in [0.05, 0.1) is 29.0 Å². The van der Waals surface area contributed by atoms with Crippen molar-refractivity contribution in [3.63, 3.8) is 0 Å². The average molecular weight is 675 g/mol. The molecule has 2 N–H and O–H groups in total. The molecule has 2 aromatic rings. The highest BCUT2D eigenvalue weighted by Crippen LogP contribution is 2.59. The van der Waals surface area contributed by atoms with Crippen LogP contribution in [0.15, 0.2) is 47.4 Å². The molecule has 1 heterocycles. The first-order valence-electron chi connectivity index (χ1n) is 13.3. The van der Waals surface area contributed by atoms with Gasteiger partial charge in [-0.15, -0.1) is 0 Å². The highest BCUT2D eigenvalue weighted by atomic mass is 32.2. The summed E-state index contributed by atoms with van der Waals surface area (Å²) < 4.78 is 149. The number of sulfone groups is 1. The molecule has 242 valence electrons. The molecule has 1 amide bonds. The van der Waals surface area contributed by atoms with Crippen molar-refractivity contribution in [3.05, 3.63) is 65.0 Å². The molecular formula is C27H26F8N2O5S2. The van der Waals surface area contributed by atoms with Crippen LogP contribution in [0.4, 0.5) is 35.1 Å². The Balaban J connectivity index is 1.60. The molecule has 0 spiro atoms. The van der Waals surface area contributed by atoms with E-state index < -0.39 is 78.4 Å². The number of nitrogens with zero attached hydrogens (tertiary/aromatic N) is 1. The van der Waals surface area contributed by atoms with Gasteiger partial charge in [0.1, 0.15) is 10.6 Å². The van der Waals surface area contributed by atoms with Crippen LogP contribution in [0.1, 0.15) is 36.0 Å². The number of hydrogen-bond donors (Lipinski definition) is 2. The van der Waals surface area contributed by atoms with Crippen LogP contribution in [-0.4, -0.2) is 71.3 Å². The van der Waals surface area contributed by atoms with Gasteiger partial charge in [-0.25, -0.2) is 25.7 Å². The molecule has 5 rings (SSSR count). The van der Waals surface area contributed by atoms with Crippen molar-refractivity contribution >= 4 is 26.7 Å². The molecule has 4 atom stereocenters. The van der Waals surface area contributed by atoms with Crippen molar-refractivity contribution in [2.24, 2.45) is 5.92 Å². The number of β-amino-alcohol motifs (C(OH)–C–C–N with tert-alkyl or cyclic N) is 1. The van der Waals surface area contributed by atoms with Crippen molar-refractivity contribution in [2.45, 2.75) is 65.0 Å². The molecule has 2 aliphatic carbocycles. The smallest absolute Gasteiger partial charge is 0.377 e. The minimum atomic E-state index is -6.38. The molecule has 0 aromatic heterocycles. The Labute approximate surface area is 249 Å². The van der Waals surface area contributed by atoms with Crippen LogP contribution in [-0.2, 0) is 42.5 Å². The molecule has 2 fully saturated rings. The van der Waals surface area contributed by atoms with Crippen LogP contribution >= 0.6 is 0 Å². The number of nitrogens with one attached hydrogen (secondary N) is 1. The lowest BCUT2D eigenvalue weighted by Gasteiger charge is -2.45. The summed E-state index contributed by atoms with van der Waals surface area (Å²) in [5.41, 5.74) is -9.80. The molecule has 44 heavy (non-hydrogen) atoms. The predicted molar refractivity (Wildman–Crippen MR) is 140 cm³/mol. The van der Waals surface area contributed by atoms with E-state index in [1.807, 2.05) is 0 Å². The normalized spacial score (nSPS) is 26.3. The molecular weight excluding hydrogens is 648 g/mol. The van der Waals surface area contributed by atoms with E-state index in [2.05, 4.69) is 5.32 Å². The summed E-state index contributed by atoms with van der Waals surface area (Å²) in [6.07, 6.45) is -12.1. The van der Waals surface area contributed by atoms with Gasteiger partial charge in [-0.1, -0.05) is 18.2 Å². The molecule has 0 radical (unpaired) electrons. The molecule has 0 bridgehead atoms. The Hall–Kier alpha value is -2.63. The lowest BCUT2D eigenvalue weighted by molar-refractivity contribution is -0.348. The number of carbonyl (C=O) groups excluding carboxylic acids is 1. The third-order valence-corrected chi connectivity index (χ3v) is 12.5. The third kappa shape index (κ3) is 4.76.